The predicted molar refractivity (Wildman–Crippen MR) is 69.3 cm³/mol. The molecular weight excluding hydrogens is 238 g/mol. The molecule has 1 aromatic rings. The van der Waals surface area contributed by atoms with Crippen molar-refractivity contribution in [3.8, 4) is 0 Å². The number of nitrogens with zero attached hydrogens (tertiary/aromatic N) is 1. The molecule has 1 N–H and O–H groups in total. The standard InChI is InChI=1S/C13H18ClNO2/c1-9(2)15(8-13(16)17)10(3)11-5-4-6-12(14)7-11/h4-7,9-10H,8H2,1-3H3,(H,16,17). The predicted octanol–water partition coefficient (Wildman–Crippen LogP) is 3.20. The lowest BCUT2D eigenvalue weighted by molar-refractivity contribution is -0.139. The highest BCUT2D eigenvalue weighted by Gasteiger charge is 2.21. The van der Waals surface area contributed by atoms with E-state index < -0.39 is 5.97 Å². The summed E-state index contributed by atoms with van der Waals surface area (Å²) in [6, 6.07) is 7.74. The molecule has 0 aromatic heterocycles. The van der Waals surface area contributed by atoms with Gasteiger partial charge in [-0.15, -0.1) is 0 Å². The summed E-state index contributed by atoms with van der Waals surface area (Å²) in [6.07, 6.45) is 0. The zero-order valence-corrected chi connectivity index (χ0v) is 11.1. The quantitative estimate of drug-likeness (QED) is 0.878. The minimum absolute atomic E-state index is 0.0322. The molecule has 0 bridgehead atoms. The minimum atomic E-state index is -0.812. The van der Waals surface area contributed by atoms with E-state index in [1.54, 1.807) is 0 Å². The number of rotatable bonds is 5. The van der Waals surface area contributed by atoms with Crippen LogP contribution in [0.2, 0.25) is 5.02 Å². The summed E-state index contributed by atoms with van der Waals surface area (Å²) in [4.78, 5) is 12.8. The highest BCUT2D eigenvalue weighted by Crippen LogP contribution is 2.24. The van der Waals surface area contributed by atoms with Crippen LogP contribution in [0.15, 0.2) is 24.3 Å². The minimum Gasteiger partial charge on any atom is -0.480 e. The maximum absolute atomic E-state index is 10.8. The van der Waals surface area contributed by atoms with E-state index >= 15 is 0 Å². The number of halogens is 1. The fraction of sp³-hybridized carbons (Fsp3) is 0.462. The van der Waals surface area contributed by atoms with Crippen LogP contribution in [0.4, 0.5) is 0 Å². The monoisotopic (exact) mass is 255 g/mol. The van der Waals surface area contributed by atoms with Crippen molar-refractivity contribution in [2.24, 2.45) is 0 Å². The van der Waals surface area contributed by atoms with E-state index in [1.165, 1.54) is 0 Å². The SMILES string of the molecule is CC(C)N(CC(=O)O)C(C)c1cccc(Cl)c1. The van der Waals surface area contributed by atoms with E-state index in [9.17, 15) is 4.79 Å². The van der Waals surface area contributed by atoms with E-state index in [4.69, 9.17) is 16.7 Å². The van der Waals surface area contributed by atoms with Crippen molar-refractivity contribution in [2.45, 2.75) is 32.9 Å². The second-order valence-corrected chi connectivity index (χ2v) is 4.83. The maximum Gasteiger partial charge on any atom is 0.317 e. The number of carboxylic acids is 1. The fourth-order valence-corrected chi connectivity index (χ4v) is 2.08. The van der Waals surface area contributed by atoms with Crippen LogP contribution in [0.25, 0.3) is 0 Å². The van der Waals surface area contributed by atoms with Crippen LogP contribution < -0.4 is 0 Å². The zero-order chi connectivity index (χ0) is 13.0. The molecule has 0 aliphatic heterocycles. The molecule has 0 aliphatic carbocycles. The first kappa shape index (κ1) is 14.0. The lowest BCUT2D eigenvalue weighted by atomic mass is 10.1. The molecule has 0 amide bonds. The van der Waals surface area contributed by atoms with Gasteiger partial charge in [0.2, 0.25) is 0 Å². The lowest BCUT2D eigenvalue weighted by Crippen LogP contribution is -2.37. The van der Waals surface area contributed by atoms with Gasteiger partial charge in [0.05, 0.1) is 6.54 Å². The van der Waals surface area contributed by atoms with Gasteiger partial charge in [0.25, 0.3) is 0 Å². The van der Waals surface area contributed by atoms with Crippen molar-refractivity contribution in [3.63, 3.8) is 0 Å². The molecule has 0 saturated heterocycles. The molecule has 1 rings (SSSR count). The average molecular weight is 256 g/mol. The Morgan fingerprint density at radius 2 is 2.06 bits per heavy atom. The van der Waals surface area contributed by atoms with Crippen molar-refractivity contribution in [2.75, 3.05) is 6.54 Å². The van der Waals surface area contributed by atoms with Crippen LogP contribution in [-0.2, 0) is 4.79 Å². The largest absolute Gasteiger partial charge is 0.480 e. The van der Waals surface area contributed by atoms with Crippen molar-refractivity contribution < 1.29 is 9.90 Å². The first-order valence-corrected chi connectivity index (χ1v) is 6.02. The van der Waals surface area contributed by atoms with Crippen molar-refractivity contribution in [1.82, 2.24) is 4.90 Å². The van der Waals surface area contributed by atoms with Crippen molar-refractivity contribution >= 4 is 17.6 Å². The van der Waals surface area contributed by atoms with Crippen LogP contribution in [0.5, 0.6) is 0 Å². The van der Waals surface area contributed by atoms with Gasteiger partial charge in [-0.1, -0.05) is 23.7 Å². The molecule has 1 atom stereocenters. The van der Waals surface area contributed by atoms with Gasteiger partial charge < -0.3 is 5.11 Å². The molecule has 17 heavy (non-hydrogen) atoms. The van der Waals surface area contributed by atoms with Crippen molar-refractivity contribution in [3.05, 3.63) is 34.9 Å². The van der Waals surface area contributed by atoms with Gasteiger partial charge in [-0.2, -0.15) is 0 Å². The molecule has 4 heteroatoms. The number of carboxylic acid groups (broad SMARTS) is 1. The van der Waals surface area contributed by atoms with E-state index in [-0.39, 0.29) is 18.6 Å². The summed E-state index contributed by atoms with van der Waals surface area (Å²) < 4.78 is 0. The molecule has 1 aromatic carbocycles. The number of aliphatic carboxylic acids is 1. The third kappa shape index (κ3) is 4.02. The summed E-state index contributed by atoms with van der Waals surface area (Å²) in [5.41, 5.74) is 1.03. The molecule has 0 saturated carbocycles. The summed E-state index contributed by atoms with van der Waals surface area (Å²) >= 11 is 5.94. The molecular formula is C13H18ClNO2. The molecule has 0 aliphatic rings. The zero-order valence-electron chi connectivity index (χ0n) is 10.4. The van der Waals surface area contributed by atoms with Crippen LogP contribution in [0.1, 0.15) is 32.4 Å². The smallest absolute Gasteiger partial charge is 0.317 e. The number of hydrogen-bond donors (Lipinski definition) is 1. The van der Waals surface area contributed by atoms with Gasteiger partial charge in [-0.05, 0) is 38.5 Å². The first-order chi connectivity index (χ1) is 7.91. The molecule has 3 nitrogen and oxygen atoms in total. The molecule has 0 spiro atoms. The van der Waals surface area contributed by atoms with Gasteiger partial charge in [0.1, 0.15) is 0 Å². The lowest BCUT2D eigenvalue weighted by Gasteiger charge is -2.31. The highest BCUT2D eigenvalue weighted by molar-refractivity contribution is 6.30. The fourth-order valence-electron chi connectivity index (χ4n) is 1.88. The van der Waals surface area contributed by atoms with E-state index in [0.717, 1.165) is 5.56 Å². The summed E-state index contributed by atoms with van der Waals surface area (Å²) in [5, 5.41) is 9.59. The summed E-state index contributed by atoms with van der Waals surface area (Å²) in [5.74, 6) is -0.812. The number of carbonyl (C=O) groups is 1. The third-order valence-corrected chi connectivity index (χ3v) is 3.04. The van der Waals surface area contributed by atoms with Crippen molar-refractivity contribution in [1.29, 1.82) is 0 Å². The number of benzene rings is 1. The average Bonchev–Trinajstić information content (AvgIpc) is 2.24. The second kappa shape index (κ2) is 6.03. The van der Waals surface area contributed by atoms with Crippen LogP contribution in [0.3, 0.4) is 0 Å². The second-order valence-electron chi connectivity index (χ2n) is 4.39. The topological polar surface area (TPSA) is 40.5 Å². The third-order valence-electron chi connectivity index (χ3n) is 2.81. The van der Waals surface area contributed by atoms with E-state index in [1.807, 2.05) is 49.9 Å². The van der Waals surface area contributed by atoms with Gasteiger partial charge >= 0.3 is 5.97 Å². The molecule has 1 unspecified atom stereocenters. The van der Waals surface area contributed by atoms with Crippen LogP contribution in [0, 0.1) is 0 Å². The maximum atomic E-state index is 10.8. The van der Waals surface area contributed by atoms with Gasteiger partial charge in [0, 0.05) is 17.1 Å². The normalized spacial score (nSPS) is 13.1. The molecule has 0 fully saturated rings. The van der Waals surface area contributed by atoms with Crippen LogP contribution in [-0.4, -0.2) is 28.6 Å². The Hall–Kier alpha value is -1.06. The summed E-state index contributed by atoms with van der Waals surface area (Å²) in [6.45, 7) is 6.01. The van der Waals surface area contributed by atoms with Crippen LogP contribution >= 0.6 is 11.6 Å². The molecule has 0 heterocycles. The van der Waals surface area contributed by atoms with Gasteiger partial charge in [-0.25, -0.2) is 0 Å². The Morgan fingerprint density at radius 1 is 1.41 bits per heavy atom. The highest BCUT2D eigenvalue weighted by atomic mass is 35.5. The summed E-state index contributed by atoms with van der Waals surface area (Å²) in [7, 11) is 0. The Balaban J connectivity index is 2.91. The Morgan fingerprint density at radius 3 is 2.53 bits per heavy atom. The Labute approximate surface area is 107 Å². The molecule has 94 valence electrons. The van der Waals surface area contributed by atoms with E-state index in [0.29, 0.717) is 5.02 Å². The first-order valence-electron chi connectivity index (χ1n) is 5.64. The Kier molecular flexibility index (Phi) is 4.97. The van der Waals surface area contributed by atoms with Gasteiger partial charge in [0.15, 0.2) is 0 Å². The number of hydrogen-bond acceptors (Lipinski definition) is 2. The molecule has 0 radical (unpaired) electrons. The Bertz CT molecular complexity index is 393. The van der Waals surface area contributed by atoms with Gasteiger partial charge in [-0.3, -0.25) is 9.69 Å². The van der Waals surface area contributed by atoms with E-state index in [2.05, 4.69) is 0 Å².